The molecule has 0 saturated carbocycles. The summed E-state index contributed by atoms with van der Waals surface area (Å²) in [5.74, 6) is -1.06. The minimum atomic E-state index is -1.06. The lowest BCUT2D eigenvalue weighted by atomic mass is 9.87. The van der Waals surface area contributed by atoms with Gasteiger partial charge in [0.05, 0.1) is 11.4 Å². The first-order chi connectivity index (χ1) is 8.61. The van der Waals surface area contributed by atoms with Crippen molar-refractivity contribution in [2.75, 3.05) is 5.32 Å². The monoisotopic (exact) mass is 268 g/mol. The maximum Gasteiger partial charge on any atom is 0.326 e. The molecule has 7 heteroatoms. The molecule has 0 spiro atoms. The molecule has 0 saturated heterocycles. The van der Waals surface area contributed by atoms with Crippen molar-refractivity contribution in [2.24, 2.45) is 12.5 Å². The highest BCUT2D eigenvalue weighted by atomic mass is 16.4. The lowest BCUT2D eigenvalue weighted by Crippen LogP contribution is -2.50. The van der Waals surface area contributed by atoms with Crippen LogP contribution in [0.4, 0.5) is 10.5 Å². The Bertz CT molecular complexity index is 488. The standard InChI is InChI=1S/C12H20N4O3/c1-7-8(6-16(5)15-7)13-11(19)14-9(10(17)18)12(2,3)4/h6,9H,1-5H3,(H,17,18)(H2,13,14,19). The van der Waals surface area contributed by atoms with Crippen LogP contribution >= 0.6 is 0 Å². The number of carbonyl (C=O) groups is 2. The van der Waals surface area contributed by atoms with E-state index in [9.17, 15) is 9.59 Å². The third-order valence-corrected chi connectivity index (χ3v) is 2.65. The third kappa shape index (κ3) is 3.97. The average molecular weight is 268 g/mol. The van der Waals surface area contributed by atoms with Crippen LogP contribution < -0.4 is 10.6 Å². The molecule has 1 rings (SSSR count). The van der Waals surface area contributed by atoms with Gasteiger partial charge in [0.1, 0.15) is 6.04 Å². The van der Waals surface area contributed by atoms with E-state index in [1.54, 1.807) is 45.6 Å². The highest BCUT2D eigenvalue weighted by Crippen LogP contribution is 2.19. The van der Waals surface area contributed by atoms with Gasteiger partial charge in [-0.05, 0) is 12.3 Å². The summed E-state index contributed by atoms with van der Waals surface area (Å²) in [6.07, 6.45) is 1.65. The van der Waals surface area contributed by atoms with Crippen molar-refractivity contribution in [1.82, 2.24) is 15.1 Å². The Morgan fingerprint density at radius 3 is 2.37 bits per heavy atom. The third-order valence-electron chi connectivity index (χ3n) is 2.65. The zero-order valence-electron chi connectivity index (χ0n) is 11.8. The number of carboxylic acid groups (broad SMARTS) is 1. The summed E-state index contributed by atoms with van der Waals surface area (Å²) in [4.78, 5) is 23.0. The second-order valence-electron chi connectivity index (χ2n) is 5.54. The fourth-order valence-electron chi connectivity index (χ4n) is 1.66. The number of aliphatic carboxylic acids is 1. The molecule has 0 radical (unpaired) electrons. The summed E-state index contributed by atoms with van der Waals surface area (Å²) >= 11 is 0. The molecule has 7 nitrogen and oxygen atoms in total. The molecule has 1 unspecified atom stereocenters. The lowest BCUT2D eigenvalue weighted by Gasteiger charge is -2.27. The molecular formula is C12H20N4O3. The molecule has 1 heterocycles. The number of aromatic nitrogens is 2. The van der Waals surface area contributed by atoms with Crippen molar-refractivity contribution in [1.29, 1.82) is 0 Å². The Balaban J connectivity index is 2.74. The van der Waals surface area contributed by atoms with Crippen molar-refractivity contribution in [2.45, 2.75) is 33.7 Å². The van der Waals surface area contributed by atoms with Crippen molar-refractivity contribution in [3.05, 3.63) is 11.9 Å². The van der Waals surface area contributed by atoms with Gasteiger partial charge in [0.15, 0.2) is 0 Å². The van der Waals surface area contributed by atoms with Crippen LogP contribution in [0.3, 0.4) is 0 Å². The highest BCUT2D eigenvalue weighted by Gasteiger charge is 2.32. The SMILES string of the molecule is Cc1nn(C)cc1NC(=O)NC(C(=O)O)C(C)(C)C. The maximum atomic E-state index is 11.8. The minimum absolute atomic E-state index is 0.554. The first-order valence-corrected chi connectivity index (χ1v) is 5.92. The topological polar surface area (TPSA) is 96.3 Å². The number of hydrogen-bond acceptors (Lipinski definition) is 3. The van der Waals surface area contributed by atoms with Gasteiger partial charge in [-0.2, -0.15) is 5.10 Å². The van der Waals surface area contributed by atoms with Gasteiger partial charge in [-0.3, -0.25) is 4.68 Å². The smallest absolute Gasteiger partial charge is 0.326 e. The van der Waals surface area contributed by atoms with Crippen LogP contribution in [-0.2, 0) is 11.8 Å². The quantitative estimate of drug-likeness (QED) is 0.771. The van der Waals surface area contributed by atoms with Gasteiger partial charge >= 0.3 is 12.0 Å². The largest absolute Gasteiger partial charge is 0.480 e. The van der Waals surface area contributed by atoms with Crippen molar-refractivity contribution < 1.29 is 14.7 Å². The number of urea groups is 1. The molecule has 0 aliphatic rings. The van der Waals surface area contributed by atoms with Crippen molar-refractivity contribution in [3.63, 3.8) is 0 Å². The first kappa shape index (κ1) is 15.0. The van der Waals surface area contributed by atoms with E-state index in [1.165, 1.54) is 0 Å². The van der Waals surface area contributed by atoms with Gasteiger partial charge in [-0.1, -0.05) is 20.8 Å². The van der Waals surface area contributed by atoms with E-state index in [1.807, 2.05) is 0 Å². The fraction of sp³-hybridized carbons (Fsp3) is 0.583. The molecule has 0 aliphatic carbocycles. The van der Waals surface area contributed by atoms with Crippen LogP contribution in [-0.4, -0.2) is 32.9 Å². The van der Waals surface area contributed by atoms with E-state index in [4.69, 9.17) is 5.11 Å². The molecule has 1 aromatic heterocycles. The number of carbonyl (C=O) groups excluding carboxylic acids is 1. The predicted molar refractivity (Wildman–Crippen MR) is 71.0 cm³/mol. The van der Waals surface area contributed by atoms with Crippen LogP contribution in [0.25, 0.3) is 0 Å². The van der Waals surface area contributed by atoms with Gasteiger partial charge in [0.2, 0.25) is 0 Å². The summed E-state index contributed by atoms with van der Waals surface area (Å²) in [7, 11) is 1.74. The van der Waals surface area contributed by atoms with Gasteiger partial charge in [0, 0.05) is 13.2 Å². The van der Waals surface area contributed by atoms with E-state index in [0.717, 1.165) is 0 Å². The summed E-state index contributed by atoms with van der Waals surface area (Å²) in [6.45, 7) is 7.01. The van der Waals surface area contributed by atoms with Gasteiger partial charge < -0.3 is 15.7 Å². The molecule has 0 aliphatic heterocycles. The molecule has 3 N–H and O–H groups in total. The molecule has 0 aromatic carbocycles. The normalized spacial score (nSPS) is 12.9. The van der Waals surface area contributed by atoms with E-state index >= 15 is 0 Å². The van der Waals surface area contributed by atoms with Gasteiger partial charge in [-0.15, -0.1) is 0 Å². The number of carboxylic acids is 1. The summed E-state index contributed by atoms with van der Waals surface area (Å²) in [6, 6.07) is -1.53. The van der Waals surface area contributed by atoms with Crippen LogP contribution in [0.5, 0.6) is 0 Å². The molecular weight excluding hydrogens is 248 g/mol. The number of nitrogens with one attached hydrogen (secondary N) is 2. The summed E-state index contributed by atoms with van der Waals surface area (Å²) in [5.41, 5.74) is 0.644. The molecule has 1 aromatic rings. The number of nitrogens with zero attached hydrogens (tertiary/aromatic N) is 2. The van der Waals surface area contributed by atoms with Gasteiger partial charge in [0.25, 0.3) is 0 Å². The van der Waals surface area contributed by atoms with Crippen molar-refractivity contribution >= 4 is 17.7 Å². The lowest BCUT2D eigenvalue weighted by molar-refractivity contribution is -0.141. The van der Waals surface area contributed by atoms with E-state index in [2.05, 4.69) is 15.7 Å². The highest BCUT2D eigenvalue weighted by molar-refractivity contribution is 5.92. The number of hydrogen-bond donors (Lipinski definition) is 3. The average Bonchev–Trinajstić information content (AvgIpc) is 2.52. The molecule has 19 heavy (non-hydrogen) atoms. The molecule has 1 atom stereocenters. The van der Waals surface area contributed by atoms with Crippen molar-refractivity contribution in [3.8, 4) is 0 Å². The van der Waals surface area contributed by atoms with E-state index in [-0.39, 0.29) is 0 Å². The van der Waals surface area contributed by atoms with Crippen LogP contribution in [0, 0.1) is 12.3 Å². The van der Waals surface area contributed by atoms with Crippen LogP contribution in [0.15, 0.2) is 6.20 Å². The molecule has 0 bridgehead atoms. The van der Waals surface area contributed by atoms with Gasteiger partial charge in [-0.25, -0.2) is 9.59 Å². The molecule has 0 fully saturated rings. The van der Waals surface area contributed by atoms with E-state index in [0.29, 0.717) is 11.4 Å². The first-order valence-electron chi connectivity index (χ1n) is 5.92. The second-order valence-corrected chi connectivity index (χ2v) is 5.54. The maximum absolute atomic E-state index is 11.8. The Labute approximate surface area is 112 Å². The Morgan fingerprint density at radius 1 is 1.42 bits per heavy atom. The summed E-state index contributed by atoms with van der Waals surface area (Å²) in [5, 5.41) is 18.3. The Hall–Kier alpha value is -2.05. The predicted octanol–water partition coefficient (Wildman–Crippen LogP) is 1.35. The zero-order chi connectivity index (χ0) is 14.8. The molecule has 2 amide bonds. The number of anilines is 1. The molecule has 106 valence electrons. The summed E-state index contributed by atoms with van der Waals surface area (Å²) < 4.78 is 1.57. The zero-order valence-corrected chi connectivity index (χ0v) is 11.8. The van der Waals surface area contributed by atoms with Crippen LogP contribution in [0.2, 0.25) is 0 Å². The van der Waals surface area contributed by atoms with Crippen LogP contribution in [0.1, 0.15) is 26.5 Å². The minimum Gasteiger partial charge on any atom is -0.480 e. The number of aryl methyl sites for hydroxylation is 2. The fourth-order valence-corrected chi connectivity index (χ4v) is 1.66. The number of rotatable bonds is 3. The Kier molecular flexibility index (Phi) is 4.18. The second kappa shape index (κ2) is 5.29. The number of amides is 2. The van der Waals surface area contributed by atoms with E-state index < -0.39 is 23.5 Å². The Morgan fingerprint density at radius 2 is 2.00 bits per heavy atom.